The summed E-state index contributed by atoms with van der Waals surface area (Å²) in [5.74, 6) is -1.30. The minimum atomic E-state index is -0.785. The summed E-state index contributed by atoms with van der Waals surface area (Å²) in [4.78, 5) is 23.8. The third kappa shape index (κ3) is 3.32. The quantitative estimate of drug-likeness (QED) is 0.891. The van der Waals surface area contributed by atoms with Crippen LogP contribution in [0.15, 0.2) is 15.9 Å². The first kappa shape index (κ1) is 13.5. The van der Waals surface area contributed by atoms with Gasteiger partial charge in [0.25, 0.3) is 0 Å². The molecule has 1 aliphatic rings. The third-order valence-corrected chi connectivity index (χ3v) is 4.91. The van der Waals surface area contributed by atoms with Crippen LogP contribution in [0.25, 0.3) is 0 Å². The van der Waals surface area contributed by atoms with Crippen molar-refractivity contribution in [1.29, 1.82) is 0 Å². The van der Waals surface area contributed by atoms with Crippen LogP contribution in [0.1, 0.15) is 24.1 Å². The van der Waals surface area contributed by atoms with E-state index in [-0.39, 0.29) is 17.7 Å². The van der Waals surface area contributed by atoms with Crippen LogP contribution < -0.4 is 5.32 Å². The number of hydrogen-bond acceptors (Lipinski definition) is 3. The summed E-state index contributed by atoms with van der Waals surface area (Å²) in [5.41, 5.74) is 0. The van der Waals surface area contributed by atoms with Crippen molar-refractivity contribution in [2.24, 2.45) is 11.8 Å². The van der Waals surface area contributed by atoms with E-state index in [2.05, 4.69) is 21.2 Å². The molecule has 0 saturated heterocycles. The van der Waals surface area contributed by atoms with Gasteiger partial charge in [0.1, 0.15) is 0 Å². The Bertz CT molecular complexity index is 460. The van der Waals surface area contributed by atoms with Crippen molar-refractivity contribution in [3.63, 3.8) is 0 Å². The summed E-state index contributed by atoms with van der Waals surface area (Å²) < 4.78 is 1.02. The number of thiophene rings is 1. The van der Waals surface area contributed by atoms with Crippen LogP contribution in [0.5, 0.6) is 0 Å². The third-order valence-electron chi connectivity index (χ3n) is 3.21. The highest BCUT2D eigenvalue weighted by Gasteiger charge is 2.33. The number of rotatable bonds is 4. The van der Waals surface area contributed by atoms with Crippen molar-refractivity contribution in [1.82, 2.24) is 5.32 Å². The number of carbonyl (C=O) groups excluding carboxylic acids is 1. The van der Waals surface area contributed by atoms with E-state index in [1.54, 1.807) is 11.3 Å². The van der Waals surface area contributed by atoms with E-state index in [4.69, 9.17) is 5.11 Å². The van der Waals surface area contributed by atoms with Crippen molar-refractivity contribution in [3.8, 4) is 0 Å². The molecule has 1 aromatic heterocycles. The van der Waals surface area contributed by atoms with Crippen molar-refractivity contribution < 1.29 is 14.7 Å². The molecule has 0 spiro atoms. The molecule has 0 bridgehead atoms. The van der Waals surface area contributed by atoms with Crippen LogP contribution in [-0.2, 0) is 16.1 Å². The van der Waals surface area contributed by atoms with E-state index < -0.39 is 5.97 Å². The maximum absolute atomic E-state index is 11.9. The molecule has 2 rings (SSSR count). The number of carboxylic acid groups (broad SMARTS) is 1. The number of amides is 1. The lowest BCUT2D eigenvalue weighted by Gasteiger charge is -2.09. The first-order valence-electron chi connectivity index (χ1n) is 5.79. The molecule has 6 heteroatoms. The average molecular weight is 332 g/mol. The second-order valence-electron chi connectivity index (χ2n) is 4.49. The van der Waals surface area contributed by atoms with Crippen molar-refractivity contribution in [2.75, 3.05) is 0 Å². The van der Waals surface area contributed by atoms with Crippen LogP contribution in [-0.4, -0.2) is 17.0 Å². The summed E-state index contributed by atoms with van der Waals surface area (Å²) in [5, 5.41) is 13.7. The van der Waals surface area contributed by atoms with E-state index in [1.807, 2.05) is 11.4 Å². The number of carboxylic acids is 1. The Kier molecular flexibility index (Phi) is 4.40. The standard InChI is InChI=1S/C12H14BrNO3S/c13-9-4-10(18-6-9)5-14-11(15)7-1-2-8(3-7)12(16)17/h4,6-8H,1-3,5H2,(H,14,15)(H,16,17)/t7-,8+/m0/s1. The molecule has 2 N–H and O–H groups in total. The van der Waals surface area contributed by atoms with Gasteiger partial charge < -0.3 is 10.4 Å². The van der Waals surface area contributed by atoms with Gasteiger partial charge in [0.05, 0.1) is 12.5 Å². The Hall–Kier alpha value is -0.880. The summed E-state index contributed by atoms with van der Waals surface area (Å²) in [7, 11) is 0. The minimum Gasteiger partial charge on any atom is -0.481 e. The van der Waals surface area contributed by atoms with E-state index in [9.17, 15) is 9.59 Å². The zero-order valence-corrected chi connectivity index (χ0v) is 12.1. The van der Waals surface area contributed by atoms with Gasteiger partial charge in [-0.05, 0) is 41.3 Å². The minimum absolute atomic E-state index is 0.0247. The molecule has 0 unspecified atom stereocenters. The first-order chi connectivity index (χ1) is 8.56. The molecular formula is C12H14BrNO3S. The Morgan fingerprint density at radius 2 is 2.17 bits per heavy atom. The molecule has 2 atom stereocenters. The Balaban J connectivity index is 1.80. The van der Waals surface area contributed by atoms with Gasteiger partial charge in [-0.3, -0.25) is 9.59 Å². The maximum atomic E-state index is 11.9. The van der Waals surface area contributed by atoms with E-state index in [0.29, 0.717) is 25.8 Å². The summed E-state index contributed by atoms with van der Waals surface area (Å²) in [6.07, 6.45) is 1.75. The monoisotopic (exact) mass is 331 g/mol. The fourth-order valence-corrected chi connectivity index (χ4v) is 3.60. The van der Waals surface area contributed by atoms with Crippen LogP contribution in [0.2, 0.25) is 0 Å². The van der Waals surface area contributed by atoms with Crippen molar-refractivity contribution >= 4 is 39.1 Å². The molecule has 1 aromatic rings. The van der Waals surface area contributed by atoms with Gasteiger partial charge in [-0.15, -0.1) is 11.3 Å². The van der Waals surface area contributed by atoms with Gasteiger partial charge in [-0.1, -0.05) is 0 Å². The van der Waals surface area contributed by atoms with Gasteiger partial charge in [-0.25, -0.2) is 0 Å². The number of nitrogens with one attached hydrogen (secondary N) is 1. The predicted molar refractivity (Wildman–Crippen MR) is 72.3 cm³/mol. The fourth-order valence-electron chi connectivity index (χ4n) is 2.21. The van der Waals surface area contributed by atoms with Gasteiger partial charge in [0.15, 0.2) is 0 Å². The first-order valence-corrected chi connectivity index (χ1v) is 7.47. The molecule has 4 nitrogen and oxygen atoms in total. The van der Waals surface area contributed by atoms with Gasteiger partial charge in [0.2, 0.25) is 5.91 Å². The molecule has 0 aromatic carbocycles. The highest BCUT2D eigenvalue weighted by atomic mass is 79.9. The molecule has 1 fully saturated rings. The Labute approximate surface area is 118 Å². The van der Waals surface area contributed by atoms with Crippen LogP contribution >= 0.6 is 27.3 Å². The van der Waals surface area contributed by atoms with E-state index >= 15 is 0 Å². The highest BCUT2D eigenvalue weighted by Crippen LogP contribution is 2.31. The molecule has 0 aliphatic heterocycles. The number of hydrogen-bond donors (Lipinski definition) is 2. The normalized spacial score (nSPS) is 22.9. The number of carbonyl (C=O) groups is 2. The van der Waals surface area contributed by atoms with Gasteiger partial charge in [-0.2, -0.15) is 0 Å². The lowest BCUT2D eigenvalue weighted by atomic mass is 10.0. The van der Waals surface area contributed by atoms with Crippen LogP contribution in [0, 0.1) is 11.8 Å². The van der Waals surface area contributed by atoms with Crippen LogP contribution in [0.3, 0.4) is 0 Å². The summed E-state index contributed by atoms with van der Waals surface area (Å²) in [6.45, 7) is 0.517. The average Bonchev–Trinajstić information content (AvgIpc) is 2.94. The van der Waals surface area contributed by atoms with Crippen molar-refractivity contribution in [3.05, 3.63) is 20.8 Å². The number of aliphatic carboxylic acids is 1. The molecule has 1 amide bonds. The zero-order chi connectivity index (χ0) is 13.1. The molecular weight excluding hydrogens is 318 g/mol. The second-order valence-corrected chi connectivity index (χ2v) is 6.41. The molecule has 1 saturated carbocycles. The summed E-state index contributed by atoms with van der Waals surface area (Å²) in [6, 6.07) is 1.97. The Morgan fingerprint density at radius 1 is 1.44 bits per heavy atom. The largest absolute Gasteiger partial charge is 0.481 e. The molecule has 18 heavy (non-hydrogen) atoms. The van der Waals surface area contributed by atoms with Gasteiger partial charge in [0, 0.05) is 20.6 Å². The predicted octanol–water partition coefficient (Wildman–Crippen LogP) is 2.63. The van der Waals surface area contributed by atoms with Crippen molar-refractivity contribution in [2.45, 2.75) is 25.8 Å². The lowest BCUT2D eigenvalue weighted by Crippen LogP contribution is -2.29. The molecule has 98 valence electrons. The topological polar surface area (TPSA) is 66.4 Å². The second kappa shape index (κ2) is 5.84. The van der Waals surface area contributed by atoms with Crippen LogP contribution in [0.4, 0.5) is 0 Å². The summed E-state index contributed by atoms with van der Waals surface area (Å²) >= 11 is 4.95. The van der Waals surface area contributed by atoms with E-state index in [0.717, 1.165) is 9.35 Å². The molecule has 1 aliphatic carbocycles. The van der Waals surface area contributed by atoms with Gasteiger partial charge >= 0.3 is 5.97 Å². The lowest BCUT2D eigenvalue weighted by molar-refractivity contribution is -0.141. The number of halogens is 1. The van der Waals surface area contributed by atoms with E-state index in [1.165, 1.54) is 0 Å². The highest BCUT2D eigenvalue weighted by molar-refractivity contribution is 9.10. The Morgan fingerprint density at radius 3 is 2.72 bits per heavy atom. The smallest absolute Gasteiger partial charge is 0.306 e. The molecule has 1 heterocycles. The molecule has 0 radical (unpaired) electrons. The maximum Gasteiger partial charge on any atom is 0.306 e. The zero-order valence-electron chi connectivity index (χ0n) is 9.69. The SMILES string of the molecule is O=C(O)[C@@H]1CC[C@H](C(=O)NCc2cc(Br)cs2)C1. The fraction of sp³-hybridized carbons (Fsp3) is 0.500.